The number of esters is 1. The predicted molar refractivity (Wildman–Crippen MR) is 130 cm³/mol. The Morgan fingerprint density at radius 2 is 1.79 bits per heavy atom. The number of hydrogen-bond donors (Lipinski definition) is 0. The number of hydrogen-bond acceptors (Lipinski definition) is 3. The number of carbonyl (C=O) groups is 2. The molecule has 0 radical (unpaired) electrons. The van der Waals surface area contributed by atoms with E-state index in [2.05, 4.69) is 6.07 Å². The lowest BCUT2D eigenvalue weighted by Gasteiger charge is -2.22. The molecule has 166 valence electrons. The summed E-state index contributed by atoms with van der Waals surface area (Å²) < 4.78 is 7.45. The molecule has 1 aliphatic carbocycles. The van der Waals surface area contributed by atoms with Crippen LogP contribution in [-0.2, 0) is 29.0 Å². The third kappa shape index (κ3) is 4.19. The van der Waals surface area contributed by atoms with Gasteiger partial charge in [-0.05, 0) is 73.7 Å². The van der Waals surface area contributed by atoms with E-state index in [0.29, 0.717) is 29.8 Å². The largest absolute Gasteiger partial charge is 0.461 e. The van der Waals surface area contributed by atoms with Crippen LogP contribution in [0, 0.1) is 12.8 Å². The Balaban J connectivity index is 1.47. The lowest BCUT2D eigenvalue weighted by molar-refractivity contribution is -0.150. The molecule has 0 fully saturated rings. The summed E-state index contributed by atoms with van der Waals surface area (Å²) in [4.78, 5) is 26.4. The Labute approximate surface area is 197 Å². The molecule has 4 aromatic rings. The van der Waals surface area contributed by atoms with Gasteiger partial charge in [0.05, 0.1) is 11.4 Å². The minimum atomic E-state index is -0.216. The van der Waals surface area contributed by atoms with Crippen molar-refractivity contribution in [2.45, 2.75) is 32.8 Å². The van der Waals surface area contributed by atoms with Gasteiger partial charge in [0, 0.05) is 21.7 Å². The summed E-state index contributed by atoms with van der Waals surface area (Å²) >= 11 is 6.02. The molecule has 0 aliphatic heterocycles. The summed E-state index contributed by atoms with van der Waals surface area (Å²) in [5.41, 5.74) is 5.62. The maximum atomic E-state index is 13.5. The van der Waals surface area contributed by atoms with Gasteiger partial charge in [-0.2, -0.15) is 0 Å². The van der Waals surface area contributed by atoms with Gasteiger partial charge in [-0.1, -0.05) is 53.6 Å². The third-order valence-corrected chi connectivity index (χ3v) is 6.62. The highest BCUT2D eigenvalue weighted by atomic mass is 35.5. The van der Waals surface area contributed by atoms with Crippen molar-refractivity contribution in [3.63, 3.8) is 0 Å². The van der Waals surface area contributed by atoms with Crippen LogP contribution < -0.4 is 0 Å². The maximum Gasteiger partial charge on any atom is 0.309 e. The highest BCUT2D eigenvalue weighted by Crippen LogP contribution is 2.36. The molecule has 1 aromatic heterocycles. The first-order chi connectivity index (χ1) is 16.0. The zero-order valence-electron chi connectivity index (χ0n) is 18.4. The van der Waals surface area contributed by atoms with Gasteiger partial charge < -0.3 is 4.74 Å². The molecule has 1 heterocycles. The van der Waals surface area contributed by atoms with Crippen molar-refractivity contribution in [1.82, 2.24) is 4.57 Å². The van der Waals surface area contributed by atoms with Crippen LogP contribution in [0.5, 0.6) is 0 Å². The quantitative estimate of drug-likeness (QED) is 0.346. The van der Waals surface area contributed by atoms with E-state index in [-0.39, 0.29) is 24.4 Å². The molecule has 0 saturated carbocycles. The molecule has 1 atom stereocenters. The van der Waals surface area contributed by atoms with E-state index in [1.54, 1.807) is 24.3 Å². The first-order valence-electron chi connectivity index (χ1n) is 11.1. The number of nitrogens with zero attached hydrogens (tertiary/aromatic N) is 1. The fraction of sp³-hybridized carbons (Fsp3) is 0.214. The molecule has 5 rings (SSSR count). The van der Waals surface area contributed by atoms with Crippen LogP contribution in [0.3, 0.4) is 0 Å². The van der Waals surface area contributed by atoms with Crippen LogP contribution in [0.15, 0.2) is 72.8 Å². The van der Waals surface area contributed by atoms with Crippen molar-refractivity contribution in [2.24, 2.45) is 5.92 Å². The van der Waals surface area contributed by atoms with E-state index in [0.717, 1.165) is 33.3 Å². The monoisotopic (exact) mass is 457 g/mol. The van der Waals surface area contributed by atoms with Crippen molar-refractivity contribution in [3.05, 3.63) is 106 Å². The molecule has 0 saturated heterocycles. The van der Waals surface area contributed by atoms with Crippen LogP contribution in [0.4, 0.5) is 0 Å². The second kappa shape index (κ2) is 8.87. The Kier molecular flexibility index (Phi) is 5.77. The Hall–Kier alpha value is -3.37. The van der Waals surface area contributed by atoms with Crippen molar-refractivity contribution in [2.75, 3.05) is 0 Å². The number of rotatable bonds is 4. The highest BCUT2D eigenvalue weighted by Gasteiger charge is 2.32. The molecular formula is C28H24ClNO3. The van der Waals surface area contributed by atoms with Crippen molar-refractivity contribution in [1.29, 1.82) is 0 Å². The van der Waals surface area contributed by atoms with Gasteiger partial charge in [-0.25, -0.2) is 0 Å². The van der Waals surface area contributed by atoms with Crippen LogP contribution >= 0.6 is 11.6 Å². The number of ether oxygens (including phenoxy) is 1. The topological polar surface area (TPSA) is 48.3 Å². The Morgan fingerprint density at radius 1 is 1.03 bits per heavy atom. The van der Waals surface area contributed by atoms with E-state index in [9.17, 15) is 9.59 Å². The standard InChI is InChI=1S/C28H24ClNO3/c1-18-7-13-25-23(15-18)24-16-21(28(32)33-17-19-5-3-2-4-6-19)10-14-26(24)30(25)27(31)20-8-11-22(29)12-9-20/h2-9,11-13,15,21H,10,14,16-17H2,1H3. The van der Waals surface area contributed by atoms with E-state index in [1.165, 1.54) is 0 Å². The van der Waals surface area contributed by atoms with Crippen molar-refractivity contribution >= 4 is 34.4 Å². The molecule has 0 bridgehead atoms. The van der Waals surface area contributed by atoms with Gasteiger partial charge >= 0.3 is 5.97 Å². The molecule has 5 heteroatoms. The number of carbonyl (C=O) groups excluding carboxylic acids is 2. The van der Waals surface area contributed by atoms with E-state index >= 15 is 0 Å². The number of fused-ring (bicyclic) bond motifs is 3. The SMILES string of the molecule is Cc1ccc2c(c1)c1c(n2C(=O)c2ccc(Cl)cc2)CCC(C(=O)OCc2ccccc2)C1. The first kappa shape index (κ1) is 21.5. The molecular weight excluding hydrogens is 434 g/mol. The Bertz CT molecular complexity index is 1340. The number of halogens is 1. The molecule has 4 nitrogen and oxygen atoms in total. The van der Waals surface area contributed by atoms with Crippen LogP contribution in [-0.4, -0.2) is 16.4 Å². The third-order valence-electron chi connectivity index (χ3n) is 6.37. The molecule has 1 unspecified atom stereocenters. The fourth-order valence-electron chi connectivity index (χ4n) is 4.67. The molecule has 1 aliphatic rings. The van der Waals surface area contributed by atoms with Gasteiger partial charge in [-0.3, -0.25) is 14.2 Å². The molecule has 0 amide bonds. The van der Waals surface area contributed by atoms with Gasteiger partial charge in [0.1, 0.15) is 6.61 Å². The molecule has 33 heavy (non-hydrogen) atoms. The summed E-state index contributed by atoms with van der Waals surface area (Å²) in [6.45, 7) is 2.32. The average molecular weight is 458 g/mol. The second-order valence-electron chi connectivity index (χ2n) is 8.63. The van der Waals surface area contributed by atoms with Crippen molar-refractivity contribution < 1.29 is 14.3 Å². The minimum Gasteiger partial charge on any atom is -0.461 e. The van der Waals surface area contributed by atoms with Crippen LogP contribution in [0.25, 0.3) is 10.9 Å². The van der Waals surface area contributed by atoms with E-state index in [4.69, 9.17) is 16.3 Å². The summed E-state index contributed by atoms with van der Waals surface area (Å²) in [5, 5.41) is 1.63. The number of benzene rings is 3. The fourth-order valence-corrected chi connectivity index (χ4v) is 4.80. The maximum absolute atomic E-state index is 13.5. The lowest BCUT2D eigenvalue weighted by atomic mass is 9.86. The van der Waals surface area contributed by atoms with Gasteiger partial charge in [0.25, 0.3) is 5.91 Å². The second-order valence-corrected chi connectivity index (χ2v) is 9.06. The average Bonchev–Trinajstić information content (AvgIpc) is 3.16. The summed E-state index contributed by atoms with van der Waals surface area (Å²) in [7, 11) is 0. The normalized spacial score (nSPS) is 15.3. The van der Waals surface area contributed by atoms with Crippen LogP contribution in [0.1, 0.15) is 39.2 Å². The summed E-state index contributed by atoms with van der Waals surface area (Å²) in [5.74, 6) is -0.472. The van der Waals surface area contributed by atoms with Crippen LogP contribution in [0.2, 0.25) is 5.02 Å². The zero-order valence-corrected chi connectivity index (χ0v) is 19.1. The van der Waals surface area contributed by atoms with E-state index in [1.807, 2.05) is 54.0 Å². The van der Waals surface area contributed by atoms with E-state index < -0.39 is 0 Å². The first-order valence-corrected chi connectivity index (χ1v) is 11.5. The summed E-state index contributed by atoms with van der Waals surface area (Å²) in [6.07, 6.45) is 1.88. The molecule has 3 aromatic carbocycles. The molecule has 0 spiro atoms. The van der Waals surface area contributed by atoms with Gasteiger partial charge in [0.15, 0.2) is 0 Å². The lowest BCUT2D eigenvalue weighted by Crippen LogP contribution is -2.26. The smallest absolute Gasteiger partial charge is 0.309 e. The van der Waals surface area contributed by atoms with Gasteiger partial charge in [0.2, 0.25) is 0 Å². The zero-order chi connectivity index (χ0) is 22.9. The number of aryl methyl sites for hydroxylation is 1. The highest BCUT2D eigenvalue weighted by molar-refractivity contribution is 6.30. The minimum absolute atomic E-state index is 0.0770. The van der Waals surface area contributed by atoms with Gasteiger partial charge in [-0.15, -0.1) is 0 Å². The molecule has 0 N–H and O–H groups in total. The predicted octanol–water partition coefficient (Wildman–Crippen LogP) is 6.14. The van der Waals surface area contributed by atoms with Crippen molar-refractivity contribution in [3.8, 4) is 0 Å². The Morgan fingerprint density at radius 3 is 2.55 bits per heavy atom. The summed E-state index contributed by atoms with van der Waals surface area (Å²) in [6, 6.07) is 22.8. The number of aromatic nitrogens is 1.